The van der Waals surface area contributed by atoms with Gasteiger partial charge in [-0.2, -0.15) is 5.26 Å². The maximum absolute atomic E-state index is 10.2. The summed E-state index contributed by atoms with van der Waals surface area (Å²) in [7, 11) is 0. The molecule has 9 aromatic carbocycles. The van der Waals surface area contributed by atoms with E-state index in [0.29, 0.717) is 11.3 Å². The average Bonchev–Trinajstić information content (AvgIpc) is 3.78. The van der Waals surface area contributed by atoms with Crippen LogP contribution in [0.15, 0.2) is 212 Å². The van der Waals surface area contributed by atoms with E-state index in [1.807, 2.05) is 12.1 Å². The van der Waals surface area contributed by atoms with Crippen molar-refractivity contribution in [3.8, 4) is 61.7 Å². The van der Waals surface area contributed by atoms with E-state index in [2.05, 4.69) is 216 Å². The summed E-state index contributed by atoms with van der Waals surface area (Å²) in [5, 5.41) is 10.2. The Morgan fingerprint density at radius 2 is 0.883 bits per heavy atom. The number of hydrogen-bond donors (Lipinski definition) is 0. The molecule has 1 spiro atoms. The van der Waals surface area contributed by atoms with Gasteiger partial charge in [-0.1, -0.05) is 146 Å². The van der Waals surface area contributed by atoms with Gasteiger partial charge in [0.25, 0.3) is 0 Å². The first-order chi connectivity index (χ1) is 29.6. The number of anilines is 3. The fourth-order valence-corrected chi connectivity index (χ4v) is 9.68. The number of nitrogens with zero attached hydrogens (tertiary/aromatic N) is 3. The van der Waals surface area contributed by atoms with Crippen molar-refractivity contribution in [2.24, 2.45) is 0 Å². The summed E-state index contributed by atoms with van der Waals surface area (Å²) < 4.78 is 0. The summed E-state index contributed by atoms with van der Waals surface area (Å²) in [6.45, 7) is 8.03. The minimum atomic E-state index is -0.726. The number of fused-ring (bicyclic) bond motifs is 10. The molecule has 0 fully saturated rings. The quantitative estimate of drug-likeness (QED) is 0.158. The summed E-state index contributed by atoms with van der Waals surface area (Å²) in [5.41, 5.74) is 19.4. The van der Waals surface area contributed by atoms with E-state index >= 15 is 0 Å². The molecule has 3 nitrogen and oxygen atoms in total. The molecule has 9 aromatic rings. The third kappa shape index (κ3) is 5.42. The molecule has 0 saturated carbocycles. The highest BCUT2D eigenvalue weighted by Crippen LogP contribution is 2.64. The van der Waals surface area contributed by atoms with E-state index in [9.17, 15) is 5.26 Å². The van der Waals surface area contributed by atoms with E-state index in [4.69, 9.17) is 6.57 Å². The van der Waals surface area contributed by atoms with Crippen LogP contribution >= 0.6 is 0 Å². The van der Waals surface area contributed by atoms with Gasteiger partial charge >= 0.3 is 0 Å². The van der Waals surface area contributed by atoms with Crippen LogP contribution in [0.25, 0.3) is 60.5 Å². The molecule has 1 atom stereocenters. The normalized spacial score (nSPS) is 14.0. The Kier molecular flexibility index (Phi) is 8.16. The summed E-state index contributed by atoms with van der Waals surface area (Å²) in [6.07, 6.45) is 0. The summed E-state index contributed by atoms with van der Waals surface area (Å²) >= 11 is 0. The topological polar surface area (TPSA) is 31.4 Å². The van der Waals surface area contributed by atoms with E-state index in [1.54, 1.807) is 0 Å². The molecule has 1 unspecified atom stereocenters. The van der Waals surface area contributed by atoms with Crippen molar-refractivity contribution >= 4 is 22.7 Å². The van der Waals surface area contributed by atoms with Crippen LogP contribution in [-0.4, -0.2) is 0 Å². The molecule has 2 aliphatic rings. The van der Waals surface area contributed by atoms with Gasteiger partial charge in [0.05, 0.1) is 23.6 Å². The molecule has 2 aliphatic carbocycles. The second kappa shape index (κ2) is 14.0. The van der Waals surface area contributed by atoms with Gasteiger partial charge in [0.1, 0.15) is 0 Å². The van der Waals surface area contributed by atoms with Gasteiger partial charge in [0.2, 0.25) is 0 Å². The molecule has 3 heteroatoms. The molecule has 0 aliphatic heterocycles. The van der Waals surface area contributed by atoms with Gasteiger partial charge in [-0.3, -0.25) is 0 Å². The minimum absolute atomic E-state index is 0.595. The highest BCUT2D eigenvalue weighted by Gasteiger charge is 2.52. The van der Waals surface area contributed by atoms with Crippen LogP contribution in [0.4, 0.5) is 22.7 Å². The zero-order valence-electron chi connectivity index (χ0n) is 32.5. The molecule has 0 bridgehead atoms. The molecule has 0 saturated heterocycles. The van der Waals surface area contributed by atoms with Crippen molar-refractivity contribution in [1.82, 2.24) is 0 Å². The SMILES string of the molecule is [C-]#[N+]c1ccc2c(c1)C1(c3ccccc3-c3ccc(N(c4ccccc4)c4cccc(-c5cc(-c6ccccc6)cc(-c6ccccc6)c5)c4)cc31)c1cc(C#N)ccc1-2. The average molecular weight is 762 g/mol. The Bertz CT molecular complexity index is 3100. The monoisotopic (exact) mass is 761 g/mol. The molecular weight excluding hydrogens is 727 g/mol. The highest BCUT2D eigenvalue weighted by atomic mass is 15.1. The number of rotatable bonds is 6. The lowest BCUT2D eigenvalue weighted by atomic mass is 9.70. The Hall–Kier alpha value is -8.24. The summed E-state index contributed by atoms with van der Waals surface area (Å²) in [5.74, 6) is 0. The lowest BCUT2D eigenvalue weighted by Gasteiger charge is -2.32. The minimum Gasteiger partial charge on any atom is -0.310 e. The van der Waals surface area contributed by atoms with Gasteiger partial charge in [-0.25, -0.2) is 4.85 Å². The number of para-hydroxylation sites is 1. The smallest absolute Gasteiger partial charge is 0.187 e. The highest BCUT2D eigenvalue weighted by molar-refractivity contribution is 5.97. The van der Waals surface area contributed by atoms with Gasteiger partial charge in [0, 0.05) is 17.1 Å². The van der Waals surface area contributed by atoms with Crippen LogP contribution in [0.5, 0.6) is 0 Å². The zero-order valence-corrected chi connectivity index (χ0v) is 32.5. The molecule has 0 heterocycles. The third-order valence-electron chi connectivity index (χ3n) is 12.3. The third-order valence-corrected chi connectivity index (χ3v) is 12.3. The number of nitriles is 1. The van der Waals surface area contributed by atoms with Crippen molar-refractivity contribution in [3.63, 3.8) is 0 Å². The van der Waals surface area contributed by atoms with Crippen LogP contribution in [0.3, 0.4) is 0 Å². The standard InChI is InChI=1S/C57H35N3/c1-59-45-25-28-51-50-27-24-38(37-58)30-54(50)57(55(51)35-45)53-23-12-11-22-49(53)52-29-26-48(36-56(52)57)60(46-19-9-4-10-20-46)47-21-13-18-41(34-47)44-32-42(39-14-5-2-6-15-39)31-43(33-44)40-16-7-3-8-17-40/h2-36H. The fourth-order valence-electron chi connectivity index (χ4n) is 9.68. The molecule has 60 heavy (non-hydrogen) atoms. The van der Waals surface area contributed by atoms with Crippen molar-refractivity contribution in [2.75, 3.05) is 4.90 Å². The van der Waals surface area contributed by atoms with Crippen molar-refractivity contribution in [3.05, 3.63) is 252 Å². The second-order valence-corrected chi connectivity index (χ2v) is 15.5. The lowest BCUT2D eigenvalue weighted by Crippen LogP contribution is -2.26. The van der Waals surface area contributed by atoms with Crippen LogP contribution in [-0.2, 0) is 5.41 Å². The first-order valence-corrected chi connectivity index (χ1v) is 20.2. The van der Waals surface area contributed by atoms with Gasteiger partial charge in [-0.15, -0.1) is 0 Å². The van der Waals surface area contributed by atoms with E-state index in [-0.39, 0.29) is 0 Å². The van der Waals surface area contributed by atoms with E-state index < -0.39 is 5.41 Å². The first-order valence-electron chi connectivity index (χ1n) is 20.2. The van der Waals surface area contributed by atoms with Gasteiger partial charge in [0.15, 0.2) is 5.69 Å². The summed E-state index contributed by atoms with van der Waals surface area (Å²) in [4.78, 5) is 6.25. The van der Waals surface area contributed by atoms with Gasteiger partial charge < -0.3 is 4.90 Å². The Morgan fingerprint density at radius 1 is 0.383 bits per heavy atom. The fraction of sp³-hybridized carbons (Fsp3) is 0.0175. The maximum atomic E-state index is 10.2. The number of hydrogen-bond acceptors (Lipinski definition) is 2. The number of benzene rings is 9. The Labute approximate surface area is 350 Å². The maximum Gasteiger partial charge on any atom is 0.187 e. The largest absolute Gasteiger partial charge is 0.310 e. The molecule has 0 amide bonds. The van der Waals surface area contributed by atoms with Crippen molar-refractivity contribution < 1.29 is 0 Å². The predicted octanol–water partition coefficient (Wildman–Crippen LogP) is 14.9. The van der Waals surface area contributed by atoms with Crippen molar-refractivity contribution in [2.45, 2.75) is 5.41 Å². The van der Waals surface area contributed by atoms with Crippen LogP contribution in [0.1, 0.15) is 27.8 Å². The predicted molar refractivity (Wildman–Crippen MR) is 245 cm³/mol. The molecule has 0 N–H and O–H groups in total. The first kappa shape index (κ1) is 35.0. The summed E-state index contributed by atoms with van der Waals surface area (Å²) in [6, 6.07) is 77.5. The van der Waals surface area contributed by atoms with Crippen molar-refractivity contribution in [1.29, 1.82) is 5.26 Å². The van der Waals surface area contributed by atoms with E-state index in [1.165, 1.54) is 22.3 Å². The molecular formula is C57H35N3. The van der Waals surface area contributed by atoms with E-state index in [0.717, 1.165) is 72.7 Å². The van der Waals surface area contributed by atoms with Crippen LogP contribution < -0.4 is 4.90 Å². The Balaban J connectivity index is 1.13. The molecule has 0 aromatic heterocycles. The zero-order chi connectivity index (χ0) is 40.2. The molecule has 11 rings (SSSR count). The Morgan fingerprint density at radius 3 is 1.55 bits per heavy atom. The second-order valence-electron chi connectivity index (χ2n) is 15.5. The lowest BCUT2D eigenvalue weighted by molar-refractivity contribution is 0.794. The van der Waals surface area contributed by atoms with Gasteiger partial charge in [-0.05, 0) is 145 Å². The van der Waals surface area contributed by atoms with Crippen LogP contribution in [0.2, 0.25) is 0 Å². The van der Waals surface area contributed by atoms with Crippen LogP contribution in [0, 0.1) is 17.9 Å². The molecule has 0 radical (unpaired) electrons. The molecule has 278 valence electrons.